The number of methoxy groups -OCH3 is 1. The summed E-state index contributed by atoms with van der Waals surface area (Å²) in [4.78, 5) is 4.20. The van der Waals surface area contributed by atoms with Crippen molar-refractivity contribution in [3.63, 3.8) is 0 Å². The Labute approximate surface area is 122 Å². The maximum atomic E-state index is 14.2. The lowest BCUT2D eigenvalue weighted by molar-refractivity contribution is 0.410. The summed E-state index contributed by atoms with van der Waals surface area (Å²) in [6, 6.07) is 11.9. The first-order valence-corrected chi connectivity index (χ1v) is 6.62. The summed E-state index contributed by atoms with van der Waals surface area (Å²) in [5.74, 6) is 0.0919. The van der Waals surface area contributed by atoms with E-state index in [0.29, 0.717) is 11.3 Å². The number of pyridine rings is 1. The number of benzene rings is 2. The van der Waals surface area contributed by atoms with E-state index in [0.717, 1.165) is 16.3 Å². The van der Waals surface area contributed by atoms with Gasteiger partial charge in [0.05, 0.1) is 13.2 Å². The Kier molecular flexibility index (Phi) is 3.54. The Morgan fingerprint density at radius 2 is 1.90 bits per heavy atom. The Bertz CT molecular complexity index is 783. The maximum absolute atomic E-state index is 14.2. The largest absolute Gasteiger partial charge is 0.497 e. The second-order valence-corrected chi connectivity index (χ2v) is 4.81. The molecular formula is C17H15FN2O. The van der Waals surface area contributed by atoms with Gasteiger partial charge in [0.15, 0.2) is 0 Å². The van der Waals surface area contributed by atoms with Crippen LogP contribution in [0.2, 0.25) is 0 Å². The molecule has 21 heavy (non-hydrogen) atoms. The van der Waals surface area contributed by atoms with Gasteiger partial charge in [-0.3, -0.25) is 4.98 Å². The molecule has 0 aliphatic carbocycles. The Hall–Kier alpha value is -2.46. The van der Waals surface area contributed by atoms with Gasteiger partial charge in [-0.05, 0) is 17.0 Å². The quantitative estimate of drug-likeness (QED) is 0.800. The molecule has 4 heteroatoms. The third-order valence-electron chi connectivity index (χ3n) is 3.58. The van der Waals surface area contributed by atoms with Gasteiger partial charge in [-0.15, -0.1) is 0 Å². The molecule has 3 rings (SSSR count). The van der Waals surface area contributed by atoms with Crippen molar-refractivity contribution < 1.29 is 9.13 Å². The van der Waals surface area contributed by atoms with Gasteiger partial charge in [0, 0.05) is 29.4 Å². The van der Waals surface area contributed by atoms with Crippen molar-refractivity contribution in [2.45, 2.75) is 6.04 Å². The van der Waals surface area contributed by atoms with E-state index in [1.807, 2.05) is 24.3 Å². The zero-order valence-corrected chi connectivity index (χ0v) is 11.6. The van der Waals surface area contributed by atoms with E-state index in [9.17, 15) is 4.39 Å². The van der Waals surface area contributed by atoms with Crippen molar-refractivity contribution in [3.8, 4) is 5.75 Å². The van der Waals surface area contributed by atoms with Gasteiger partial charge in [-0.25, -0.2) is 4.39 Å². The van der Waals surface area contributed by atoms with Crippen LogP contribution in [0.15, 0.2) is 54.9 Å². The number of ether oxygens (including phenoxy) is 1. The zero-order valence-electron chi connectivity index (χ0n) is 11.6. The fourth-order valence-corrected chi connectivity index (χ4v) is 2.44. The van der Waals surface area contributed by atoms with E-state index in [-0.39, 0.29) is 5.82 Å². The fraction of sp³-hybridized carbons (Fsp3) is 0.118. The van der Waals surface area contributed by atoms with Gasteiger partial charge in [-0.1, -0.05) is 30.3 Å². The number of hydrogen-bond donors (Lipinski definition) is 1. The fourth-order valence-electron chi connectivity index (χ4n) is 2.44. The first-order chi connectivity index (χ1) is 10.2. The minimum atomic E-state index is -0.575. The van der Waals surface area contributed by atoms with Crippen molar-refractivity contribution in [1.82, 2.24) is 4.98 Å². The SMILES string of the molecule is COc1ccc(C(N)c2cncc3ccccc23)c(F)c1. The zero-order chi connectivity index (χ0) is 14.8. The predicted octanol–water partition coefficient (Wildman–Crippen LogP) is 3.43. The molecule has 0 radical (unpaired) electrons. The maximum Gasteiger partial charge on any atom is 0.132 e. The number of nitrogens with two attached hydrogens (primary N) is 1. The molecule has 0 spiro atoms. The van der Waals surface area contributed by atoms with Crippen LogP contribution in [0.25, 0.3) is 10.8 Å². The predicted molar refractivity (Wildman–Crippen MR) is 80.7 cm³/mol. The average molecular weight is 282 g/mol. The molecule has 0 bridgehead atoms. The van der Waals surface area contributed by atoms with E-state index in [1.54, 1.807) is 24.5 Å². The van der Waals surface area contributed by atoms with E-state index in [2.05, 4.69) is 4.98 Å². The third kappa shape index (κ3) is 2.45. The van der Waals surface area contributed by atoms with Crippen LogP contribution in [0, 0.1) is 5.82 Å². The Balaban J connectivity index is 2.10. The Morgan fingerprint density at radius 1 is 1.10 bits per heavy atom. The number of rotatable bonds is 3. The van der Waals surface area contributed by atoms with Crippen LogP contribution in [0.5, 0.6) is 5.75 Å². The summed E-state index contributed by atoms with van der Waals surface area (Å²) >= 11 is 0. The molecule has 1 aromatic heterocycles. The highest BCUT2D eigenvalue weighted by Crippen LogP contribution is 2.29. The first kappa shape index (κ1) is 13.5. The molecule has 0 saturated carbocycles. The molecule has 3 nitrogen and oxygen atoms in total. The lowest BCUT2D eigenvalue weighted by Gasteiger charge is -2.16. The van der Waals surface area contributed by atoms with Gasteiger partial charge in [0.25, 0.3) is 0 Å². The summed E-state index contributed by atoms with van der Waals surface area (Å²) in [5, 5.41) is 1.97. The molecule has 1 unspecified atom stereocenters. The van der Waals surface area contributed by atoms with E-state index < -0.39 is 6.04 Å². The lowest BCUT2D eigenvalue weighted by Crippen LogP contribution is -2.14. The smallest absolute Gasteiger partial charge is 0.132 e. The molecule has 1 heterocycles. The van der Waals surface area contributed by atoms with Gasteiger partial charge in [0.1, 0.15) is 11.6 Å². The summed E-state index contributed by atoms with van der Waals surface area (Å²) in [6.45, 7) is 0. The molecule has 1 atom stereocenters. The molecule has 106 valence electrons. The number of nitrogens with zero attached hydrogens (tertiary/aromatic N) is 1. The highest BCUT2D eigenvalue weighted by Gasteiger charge is 2.16. The summed E-state index contributed by atoms with van der Waals surface area (Å²) in [5.41, 5.74) is 7.48. The van der Waals surface area contributed by atoms with Crippen LogP contribution >= 0.6 is 0 Å². The second-order valence-electron chi connectivity index (χ2n) is 4.81. The number of halogens is 1. The molecule has 0 amide bonds. The third-order valence-corrected chi connectivity index (χ3v) is 3.58. The first-order valence-electron chi connectivity index (χ1n) is 6.62. The van der Waals surface area contributed by atoms with Gasteiger partial charge in [0.2, 0.25) is 0 Å². The topological polar surface area (TPSA) is 48.1 Å². The lowest BCUT2D eigenvalue weighted by atomic mass is 9.96. The van der Waals surface area contributed by atoms with Gasteiger partial charge in [-0.2, -0.15) is 0 Å². The van der Waals surface area contributed by atoms with Crippen molar-refractivity contribution in [2.75, 3.05) is 7.11 Å². The molecule has 2 aromatic carbocycles. The number of hydrogen-bond acceptors (Lipinski definition) is 3. The monoisotopic (exact) mass is 282 g/mol. The highest BCUT2D eigenvalue weighted by molar-refractivity contribution is 5.85. The normalized spacial score (nSPS) is 12.3. The molecular weight excluding hydrogens is 267 g/mol. The van der Waals surface area contributed by atoms with Crippen LogP contribution in [0.3, 0.4) is 0 Å². The van der Waals surface area contributed by atoms with Crippen LogP contribution in [-0.4, -0.2) is 12.1 Å². The van der Waals surface area contributed by atoms with E-state index >= 15 is 0 Å². The van der Waals surface area contributed by atoms with Crippen LogP contribution in [0.1, 0.15) is 17.2 Å². The molecule has 0 aliphatic heterocycles. The average Bonchev–Trinajstić information content (AvgIpc) is 2.53. The van der Waals surface area contributed by atoms with Crippen LogP contribution < -0.4 is 10.5 Å². The highest BCUT2D eigenvalue weighted by atomic mass is 19.1. The second kappa shape index (κ2) is 5.50. The summed E-state index contributed by atoms with van der Waals surface area (Å²) in [6.07, 6.45) is 3.46. The summed E-state index contributed by atoms with van der Waals surface area (Å²) in [7, 11) is 1.50. The van der Waals surface area contributed by atoms with Crippen molar-refractivity contribution in [3.05, 3.63) is 71.8 Å². The molecule has 0 aliphatic rings. The van der Waals surface area contributed by atoms with Gasteiger partial charge < -0.3 is 10.5 Å². The standard InChI is InChI=1S/C17H15FN2O/c1-21-12-6-7-14(16(18)8-12)17(19)15-10-20-9-11-4-2-3-5-13(11)15/h2-10,17H,19H2,1H3. The van der Waals surface area contributed by atoms with Crippen LogP contribution in [-0.2, 0) is 0 Å². The number of aromatic nitrogens is 1. The van der Waals surface area contributed by atoms with Crippen molar-refractivity contribution in [2.24, 2.45) is 5.73 Å². The number of fused-ring (bicyclic) bond motifs is 1. The van der Waals surface area contributed by atoms with E-state index in [4.69, 9.17) is 10.5 Å². The van der Waals surface area contributed by atoms with Crippen molar-refractivity contribution >= 4 is 10.8 Å². The molecule has 2 N–H and O–H groups in total. The minimum Gasteiger partial charge on any atom is -0.497 e. The van der Waals surface area contributed by atoms with E-state index in [1.165, 1.54) is 13.2 Å². The summed E-state index contributed by atoms with van der Waals surface area (Å²) < 4.78 is 19.2. The van der Waals surface area contributed by atoms with Crippen LogP contribution in [0.4, 0.5) is 4.39 Å². The van der Waals surface area contributed by atoms with Gasteiger partial charge >= 0.3 is 0 Å². The minimum absolute atomic E-state index is 0.380. The molecule has 0 saturated heterocycles. The van der Waals surface area contributed by atoms with Crippen molar-refractivity contribution in [1.29, 1.82) is 0 Å². The Morgan fingerprint density at radius 3 is 2.67 bits per heavy atom. The molecule has 3 aromatic rings. The molecule has 0 fully saturated rings.